The van der Waals surface area contributed by atoms with Crippen molar-refractivity contribution >= 4 is 29.3 Å². The minimum Gasteiger partial charge on any atom is -0.352 e. The molecule has 37 heavy (non-hydrogen) atoms. The highest BCUT2D eigenvalue weighted by Gasteiger charge is 2.28. The lowest BCUT2D eigenvalue weighted by atomic mass is 10.1. The third-order valence-corrected chi connectivity index (χ3v) is 7.71. The van der Waals surface area contributed by atoms with E-state index in [9.17, 15) is 9.59 Å². The number of carbonyl (C=O) groups excluding carboxylic acids is 2. The first-order chi connectivity index (χ1) is 18.0. The van der Waals surface area contributed by atoms with Crippen molar-refractivity contribution in [1.82, 2.24) is 10.2 Å². The quantitative estimate of drug-likeness (QED) is 0.294. The van der Waals surface area contributed by atoms with E-state index in [-0.39, 0.29) is 11.8 Å². The molecule has 3 aromatic rings. The Hall–Kier alpha value is -3.09. The summed E-state index contributed by atoms with van der Waals surface area (Å²) in [6.07, 6.45) is 3.20. The molecule has 0 unspecified atom stereocenters. The highest BCUT2D eigenvalue weighted by Crippen LogP contribution is 2.42. The van der Waals surface area contributed by atoms with Crippen LogP contribution in [0.4, 0.5) is 5.69 Å². The number of hydrogen-bond acceptors (Lipinski definition) is 4. The van der Waals surface area contributed by atoms with E-state index in [0.717, 1.165) is 59.9 Å². The zero-order valence-electron chi connectivity index (χ0n) is 22.1. The van der Waals surface area contributed by atoms with Gasteiger partial charge in [0.15, 0.2) is 0 Å². The van der Waals surface area contributed by atoms with E-state index < -0.39 is 0 Å². The Morgan fingerprint density at radius 3 is 2.38 bits per heavy atom. The van der Waals surface area contributed by atoms with Crippen LogP contribution in [0.15, 0.2) is 76.5 Å². The molecule has 1 heterocycles. The molecule has 0 saturated heterocycles. The Labute approximate surface area is 225 Å². The fraction of sp³-hybridized carbons (Fsp3) is 0.355. The zero-order chi connectivity index (χ0) is 26.2. The molecule has 0 spiro atoms. The molecule has 6 heteroatoms. The first kappa shape index (κ1) is 27.0. The number of hydrogen-bond donors (Lipinski definition) is 1. The molecule has 194 valence electrons. The van der Waals surface area contributed by atoms with Gasteiger partial charge in [-0.3, -0.25) is 9.59 Å². The molecule has 1 aliphatic heterocycles. The first-order valence-corrected chi connectivity index (χ1v) is 14.1. The van der Waals surface area contributed by atoms with Crippen molar-refractivity contribution in [3.8, 4) is 0 Å². The summed E-state index contributed by atoms with van der Waals surface area (Å²) in [7, 11) is 0. The van der Waals surface area contributed by atoms with Crippen LogP contribution in [0, 0.1) is 6.92 Å². The highest BCUT2D eigenvalue weighted by atomic mass is 32.2. The van der Waals surface area contributed by atoms with Crippen molar-refractivity contribution in [2.24, 2.45) is 0 Å². The van der Waals surface area contributed by atoms with Crippen LogP contribution in [-0.4, -0.2) is 42.9 Å². The Balaban J connectivity index is 1.54. The van der Waals surface area contributed by atoms with Crippen LogP contribution in [-0.2, 0) is 6.54 Å². The summed E-state index contributed by atoms with van der Waals surface area (Å²) < 4.78 is 0. The maximum absolute atomic E-state index is 13.7. The number of rotatable bonds is 11. The number of nitrogens with one attached hydrogen (secondary N) is 1. The van der Waals surface area contributed by atoms with Crippen LogP contribution in [0.3, 0.4) is 0 Å². The van der Waals surface area contributed by atoms with E-state index in [1.807, 2.05) is 47.4 Å². The lowest BCUT2D eigenvalue weighted by Crippen LogP contribution is -2.32. The highest BCUT2D eigenvalue weighted by molar-refractivity contribution is 7.99. The molecular formula is C31H37N3O2S. The Bertz CT molecular complexity index is 1220. The number of aryl methyl sites for hydroxylation is 1. The Morgan fingerprint density at radius 2 is 1.65 bits per heavy atom. The van der Waals surface area contributed by atoms with Crippen LogP contribution in [0.25, 0.3) is 0 Å². The van der Waals surface area contributed by atoms with E-state index in [1.54, 1.807) is 11.8 Å². The number of amides is 2. The van der Waals surface area contributed by atoms with E-state index in [2.05, 4.69) is 55.3 Å². The largest absolute Gasteiger partial charge is 0.352 e. The number of anilines is 1. The standard InChI is InChI=1S/C31H37N3O2S/c1-4-18-33(19-5-2)20-8-17-32-30(35)25-15-16-29-27(21-25)34(22-24-13-11-23(3)12-14-24)31(36)26-9-6-7-10-28(26)37-29/h6-7,9-16,21H,4-5,8,17-20,22H2,1-3H3,(H,32,35). The summed E-state index contributed by atoms with van der Waals surface area (Å²) in [5.41, 5.74) is 4.26. The predicted octanol–water partition coefficient (Wildman–Crippen LogP) is 6.55. The van der Waals surface area contributed by atoms with Crippen LogP contribution in [0.5, 0.6) is 0 Å². The first-order valence-electron chi connectivity index (χ1n) is 13.3. The smallest absolute Gasteiger partial charge is 0.259 e. The fourth-order valence-corrected chi connectivity index (χ4v) is 5.73. The Morgan fingerprint density at radius 1 is 0.919 bits per heavy atom. The maximum Gasteiger partial charge on any atom is 0.259 e. The molecule has 0 fully saturated rings. The summed E-state index contributed by atoms with van der Waals surface area (Å²) in [5, 5.41) is 3.08. The van der Waals surface area contributed by atoms with Gasteiger partial charge in [0.1, 0.15) is 0 Å². The van der Waals surface area contributed by atoms with Gasteiger partial charge in [0.25, 0.3) is 11.8 Å². The second-order valence-corrected chi connectivity index (χ2v) is 10.7. The van der Waals surface area contributed by atoms with Crippen LogP contribution < -0.4 is 10.2 Å². The molecule has 5 nitrogen and oxygen atoms in total. The van der Waals surface area contributed by atoms with Gasteiger partial charge < -0.3 is 15.1 Å². The van der Waals surface area contributed by atoms with Gasteiger partial charge in [-0.05, 0) is 81.7 Å². The molecular weight excluding hydrogens is 478 g/mol. The summed E-state index contributed by atoms with van der Waals surface area (Å²) in [6.45, 7) is 10.7. The minimum atomic E-state index is -0.102. The van der Waals surface area contributed by atoms with Crippen LogP contribution in [0.2, 0.25) is 0 Å². The second kappa shape index (κ2) is 12.9. The summed E-state index contributed by atoms with van der Waals surface area (Å²) >= 11 is 1.58. The van der Waals surface area contributed by atoms with Gasteiger partial charge in [0, 0.05) is 21.9 Å². The normalized spacial score (nSPS) is 12.8. The van der Waals surface area contributed by atoms with Crippen molar-refractivity contribution in [3.05, 3.63) is 89.0 Å². The molecule has 0 aromatic heterocycles. The summed E-state index contributed by atoms with van der Waals surface area (Å²) in [5.74, 6) is -0.151. The van der Waals surface area contributed by atoms with Crippen LogP contribution >= 0.6 is 11.8 Å². The molecule has 0 aliphatic carbocycles. The van der Waals surface area contributed by atoms with Gasteiger partial charge >= 0.3 is 0 Å². The predicted molar refractivity (Wildman–Crippen MR) is 153 cm³/mol. The molecule has 0 atom stereocenters. The number of nitrogens with zero attached hydrogens (tertiary/aromatic N) is 2. The van der Waals surface area contributed by atoms with Crippen molar-refractivity contribution in [2.45, 2.75) is 56.4 Å². The molecule has 0 bridgehead atoms. The molecule has 1 N–H and O–H groups in total. The van der Waals surface area contributed by atoms with E-state index >= 15 is 0 Å². The topological polar surface area (TPSA) is 52.7 Å². The maximum atomic E-state index is 13.7. The lowest BCUT2D eigenvalue weighted by Gasteiger charge is -2.24. The van der Waals surface area contributed by atoms with Crippen molar-refractivity contribution in [1.29, 1.82) is 0 Å². The second-order valence-electron chi connectivity index (χ2n) is 9.61. The summed E-state index contributed by atoms with van der Waals surface area (Å²) in [4.78, 5) is 33.0. The van der Waals surface area contributed by atoms with Crippen molar-refractivity contribution in [2.75, 3.05) is 31.1 Å². The van der Waals surface area contributed by atoms with E-state index in [0.29, 0.717) is 24.2 Å². The van der Waals surface area contributed by atoms with Gasteiger partial charge in [0.05, 0.1) is 17.8 Å². The fourth-order valence-electron chi connectivity index (χ4n) is 4.67. The molecule has 0 radical (unpaired) electrons. The third kappa shape index (κ3) is 6.82. The van der Waals surface area contributed by atoms with Gasteiger partial charge in [-0.15, -0.1) is 0 Å². The SMILES string of the molecule is CCCN(CCC)CCCNC(=O)c1ccc2c(c1)N(Cc1ccc(C)cc1)C(=O)c1ccccc1S2. The van der Waals surface area contributed by atoms with Gasteiger partial charge in [0.2, 0.25) is 0 Å². The van der Waals surface area contributed by atoms with Crippen molar-refractivity contribution < 1.29 is 9.59 Å². The third-order valence-electron chi connectivity index (χ3n) is 6.57. The average Bonchev–Trinajstić information content (AvgIpc) is 3.02. The molecule has 2 amide bonds. The van der Waals surface area contributed by atoms with Gasteiger partial charge in [-0.25, -0.2) is 0 Å². The average molecular weight is 516 g/mol. The Kier molecular flexibility index (Phi) is 9.42. The monoisotopic (exact) mass is 515 g/mol. The lowest BCUT2D eigenvalue weighted by molar-refractivity contribution is 0.0948. The zero-order valence-corrected chi connectivity index (χ0v) is 22.9. The van der Waals surface area contributed by atoms with Crippen molar-refractivity contribution in [3.63, 3.8) is 0 Å². The number of benzene rings is 3. The number of carbonyl (C=O) groups is 2. The molecule has 4 rings (SSSR count). The molecule has 3 aromatic carbocycles. The molecule has 1 aliphatic rings. The van der Waals surface area contributed by atoms with Gasteiger partial charge in [-0.1, -0.05) is 67.6 Å². The summed E-state index contributed by atoms with van der Waals surface area (Å²) in [6, 6.07) is 21.7. The van der Waals surface area contributed by atoms with Crippen LogP contribution in [0.1, 0.15) is 65.0 Å². The molecule has 0 saturated carbocycles. The van der Waals surface area contributed by atoms with E-state index in [1.165, 1.54) is 5.56 Å². The number of fused-ring (bicyclic) bond motifs is 2. The van der Waals surface area contributed by atoms with E-state index in [4.69, 9.17) is 0 Å². The minimum absolute atomic E-state index is 0.0491. The van der Waals surface area contributed by atoms with Gasteiger partial charge in [-0.2, -0.15) is 0 Å².